The summed E-state index contributed by atoms with van der Waals surface area (Å²) in [5.74, 6) is 1.21. The van der Waals surface area contributed by atoms with Crippen molar-refractivity contribution in [3.63, 3.8) is 0 Å². The van der Waals surface area contributed by atoms with Crippen LogP contribution in [-0.2, 0) is 27.9 Å². The van der Waals surface area contributed by atoms with Crippen LogP contribution in [0.4, 0.5) is 0 Å². The van der Waals surface area contributed by atoms with Gasteiger partial charge in [-0.05, 0) is 31.9 Å². The van der Waals surface area contributed by atoms with E-state index >= 15 is 0 Å². The van der Waals surface area contributed by atoms with Crippen LogP contribution < -0.4 is 14.8 Å². The van der Waals surface area contributed by atoms with E-state index in [1.54, 1.807) is 12.4 Å². The van der Waals surface area contributed by atoms with Gasteiger partial charge in [0.1, 0.15) is 25.6 Å². The van der Waals surface area contributed by atoms with Crippen LogP contribution >= 0.6 is 0 Å². The van der Waals surface area contributed by atoms with E-state index in [4.69, 9.17) is 9.47 Å². The van der Waals surface area contributed by atoms with E-state index in [9.17, 15) is 13.2 Å². The van der Waals surface area contributed by atoms with Crippen molar-refractivity contribution in [2.45, 2.75) is 43.8 Å². The van der Waals surface area contributed by atoms with Crippen LogP contribution in [0.5, 0.6) is 11.5 Å². The Balaban J connectivity index is 1.50. The predicted molar refractivity (Wildman–Crippen MR) is 102 cm³/mol. The van der Waals surface area contributed by atoms with Gasteiger partial charge in [-0.1, -0.05) is 0 Å². The zero-order chi connectivity index (χ0) is 20.4. The van der Waals surface area contributed by atoms with Gasteiger partial charge in [-0.15, -0.1) is 10.2 Å². The maximum atomic E-state index is 13.2. The normalized spacial score (nSPS) is 19.3. The van der Waals surface area contributed by atoms with Crippen molar-refractivity contribution in [2.75, 3.05) is 19.8 Å². The quantitative estimate of drug-likeness (QED) is 0.724. The lowest BCUT2D eigenvalue weighted by Gasteiger charge is -2.24. The summed E-state index contributed by atoms with van der Waals surface area (Å²) in [6, 6.07) is 3.77. The van der Waals surface area contributed by atoms with Crippen molar-refractivity contribution in [1.29, 1.82) is 0 Å². The van der Waals surface area contributed by atoms with Gasteiger partial charge in [-0.2, -0.15) is 4.31 Å². The minimum Gasteiger partial charge on any atom is -0.486 e. The number of rotatable bonds is 6. The van der Waals surface area contributed by atoms with Crippen molar-refractivity contribution in [1.82, 2.24) is 24.4 Å². The largest absolute Gasteiger partial charge is 0.486 e. The number of benzene rings is 1. The van der Waals surface area contributed by atoms with Gasteiger partial charge in [-0.3, -0.25) is 4.79 Å². The highest BCUT2D eigenvalue weighted by Gasteiger charge is 2.39. The Morgan fingerprint density at radius 1 is 1.28 bits per heavy atom. The molecule has 1 aromatic carbocycles. The number of amides is 1. The third-order valence-electron chi connectivity index (χ3n) is 5.08. The highest BCUT2D eigenvalue weighted by molar-refractivity contribution is 7.89. The molecule has 1 saturated heterocycles. The minimum atomic E-state index is -3.85. The second-order valence-corrected chi connectivity index (χ2v) is 8.72. The van der Waals surface area contributed by atoms with Crippen molar-refractivity contribution in [3.05, 3.63) is 30.4 Å². The van der Waals surface area contributed by atoms with E-state index in [-0.39, 0.29) is 17.3 Å². The SMILES string of the molecule is CCn1cnnc1CNC(=O)[C@@H]1CCCN1S(=O)(=O)c1ccc2c(c1)OCCO2. The summed E-state index contributed by atoms with van der Waals surface area (Å²) in [5, 5.41) is 10.6. The van der Waals surface area contributed by atoms with E-state index in [1.807, 2.05) is 11.5 Å². The summed E-state index contributed by atoms with van der Waals surface area (Å²) >= 11 is 0. The molecular formula is C18H23N5O5S. The predicted octanol–water partition coefficient (Wildman–Crippen LogP) is 0.539. The van der Waals surface area contributed by atoms with E-state index in [1.165, 1.54) is 16.4 Å². The summed E-state index contributed by atoms with van der Waals surface area (Å²) in [7, 11) is -3.85. The van der Waals surface area contributed by atoms with Crippen LogP contribution in [0.3, 0.4) is 0 Å². The molecule has 0 radical (unpaired) electrons. The molecule has 0 saturated carbocycles. The first-order valence-corrected chi connectivity index (χ1v) is 11.0. The zero-order valence-corrected chi connectivity index (χ0v) is 16.9. The summed E-state index contributed by atoms with van der Waals surface area (Å²) in [6.07, 6.45) is 2.68. The van der Waals surface area contributed by atoms with E-state index in [2.05, 4.69) is 15.5 Å². The lowest BCUT2D eigenvalue weighted by molar-refractivity contribution is -0.124. The minimum absolute atomic E-state index is 0.0900. The van der Waals surface area contributed by atoms with E-state index in [0.29, 0.717) is 56.5 Å². The maximum absolute atomic E-state index is 13.2. The van der Waals surface area contributed by atoms with Crippen LogP contribution in [0.15, 0.2) is 29.4 Å². The molecule has 0 unspecified atom stereocenters. The molecule has 3 heterocycles. The van der Waals surface area contributed by atoms with Gasteiger partial charge in [0.05, 0.1) is 11.4 Å². The lowest BCUT2D eigenvalue weighted by atomic mass is 10.2. The molecule has 2 aliphatic rings. The highest BCUT2D eigenvalue weighted by Crippen LogP contribution is 2.34. The molecule has 1 amide bonds. The Kier molecular flexibility index (Phi) is 5.41. The molecule has 0 bridgehead atoms. The molecular weight excluding hydrogens is 398 g/mol. The molecule has 2 aliphatic heterocycles. The Hall–Kier alpha value is -2.66. The van der Waals surface area contributed by atoms with Crippen LogP contribution in [0.2, 0.25) is 0 Å². The Labute approximate surface area is 168 Å². The fourth-order valence-electron chi connectivity index (χ4n) is 3.57. The standard InChI is InChI=1S/C18H23N5O5S/c1-2-22-12-20-21-17(22)11-19-18(24)14-4-3-7-23(14)29(25,26)13-5-6-15-16(10-13)28-9-8-27-15/h5-6,10,12,14H,2-4,7-9,11H2,1H3,(H,19,24)/t14-/m0/s1. The maximum Gasteiger partial charge on any atom is 0.243 e. The molecule has 1 atom stereocenters. The number of carbonyl (C=O) groups is 1. The van der Waals surface area contributed by atoms with Gasteiger partial charge < -0.3 is 19.4 Å². The van der Waals surface area contributed by atoms with E-state index < -0.39 is 16.1 Å². The van der Waals surface area contributed by atoms with Crippen LogP contribution in [-0.4, -0.2) is 59.2 Å². The number of nitrogens with zero attached hydrogens (tertiary/aromatic N) is 4. The molecule has 11 heteroatoms. The van der Waals surface area contributed by atoms with Gasteiger partial charge in [-0.25, -0.2) is 8.42 Å². The number of sulfonamides is 1. The Morgan fingerprint density at radius 3 is 2.86 bits per heavy atom. The first-order chi connectivity index (χ1) is 14.0. The number of nitrogens with one attached hydrogen (secondary N) is 1. The summed E-state index contributed by atoms with van der Waals surface area (Å²) in [6.45, 7) is 3.92. The molecule has 1 aromatic heterocycles. The second-order valence-electron chi connectivity index (χ2n) is 6.83. The Morgan fingerprint density at radius 2 is 2.07 bits per heavy atom. The van der Waals surface area contributed by atoms with Crippen LogP contribution in [0, 0.1) is 0 Å². The van der Waals surface area contributed by atoms with Gasteiger partial charge in [0.15, 0.2) is 17.3 Å². The monoisotopic (exact) mass is 421 g/mol. The number of carbonyl (C=O) groups excluding carboxylic acids is 1. The summed E-state index contributed by atoms with van der Waals surface area (Å²) in [5.41, 5.74) is 0. The van der Waals surface area contributed by atoms with Gasteiger partial charge in [0.25, 0.3) is 0 Å². The average Bonchev–Trinajstić information content (AvgIpc) is 3.41. The van der Waals surface area contributed by atoms with Crippen molar-refractivity contribution in [3.8, 4) is 11.5 Å². The third-order valence-corrected chi connectivity index (χ3v) is 6.99. The molecule has 1 N–H and O–H groups in total. The number of fused-ring (bicyclic) bond motifs is 1. The number of hydrogen-bond donors (Lipinski definition) is 1. The Bertz CT molecular complexity index is 1010. The van der Waals surface area contributed by atoms with Crippen molar-refractivity contribution in [2.24, 2.45) is 0 Å². The fourth-order valence-corrected chi connectivity index (χ4v) is 5.25. The van der Waals surface area contributed by atoms with Gasteiger partial charge in [0, 0.05) is 19.2 Å². The molecule has 0 spiro atoms. The van der Waals surface area contributed by atoms with Crippen molar-refractivity contribution < 1.29 is 22.7 Å². The fraction of sp³-hybridized carbons (Fsp3) is 0.500. The molecule has 29 heavy (non-hydrogen) atoms. The smallest absolute Gasteiger partial charge is 0.243 e. The molecule has 1 fully saturated rings. The topological polar surface area (TPSA) is 116 Å². The molecule has 156 valence electrons. The first-order valence-electron chi connectivity index (χ1n) is 9.56. The molecule has 10 nitrogen and oxygen atoms in total. The number of aryl methyl sites for hydroxylation is 1. The molecule has 4 rings (SSSR count). The van der Waals surface area contributed by atoms with Gasteiger partial charge in [0.2, 0.25) is 15.9 Å². The number of aromatic nitrogens is 3. The summed E-state index contributed by atoms with van der Waals surface area (Å²) < 4.78 is 40.4. The highest BCUT2D eigenvalue weighted by atomic mass is 32.2. The first kappa shape index (κ1) is 19.6. The molecule has 2 aromatic rings. The zero-order valence-electron chi connectivity index (χ0n) is 16.1. The lowest BCUT2D eigenvalue weighted by Crippen LogP contribution is -2.45. The number of hydrogen-bond acceptors (Lipinski definition) is 7. The van der Waals surface area contributed by atoms with Crippen LogP contribution in [0.1, 0.15) is 25.6 Å². The van der Waals surface area contributed by atoms with Gasteiger partial charge >= 0.3 is 0 Å². The van der Waals surface area contributed by atoms with Crippen LogP contribution in [0.25, 0.3) is 0 Å². The van der Waals surface area contributed by atoms with E-state index in [0.717, 1.165) is 0 Å². The third kappa shape index (κ3) is 3.79. The summed E-state index contributed by atoms with van der Waals surface area (Å²) in [4.78, 5) is 12.8. The average molecular weight is 421 g/mol. The second kappa shape index (κ2) is 7.99. The molecule has 0 aliphatic carbocycles. The van der Waals surface area contributed by atoms with Crippen molar-refractivity contribution >= 4 is 15.9 Å². The number of ether oxygens (including phenoxy) is 2.